The first-order chi connectivity index (χ1) is 9.16. The molecule has 2 aromatic heterocycles. The minimum absolute atomic E-state index is 0.162. The number of halogens is 1. The molecule has 0 spiro atoms. The van der Waals surface area contributed by atoms with Crippen molar-refractivity contribution < 1.29 is 14.3 Å². The third-order valence-electron chi connectivity index (χ3n) is 2.60. The Bertz CT molecular complexity index is 784. The molecule has 3 aromatic rings. The molecule has 0 amide bonds. The van der Waals surface area contributed by atoms with Gasteiger partial charge in [-0.15, -0.1) is 10.2 Å². The monoisotopic (exact) mass is 258 g/mol. The van der Waals surface area contributed by atoms with E-state index >= 15 is 0 Å². The molecule has 0 fully saturated rings. The van der Waals surface area contributed by atoms with Crippen molar-refractivity contribution in [2.75, 3.05) is 0 Å². The van der Waals surface area contributed by atoms with Crippen molar-refractivity contribution in [1.82, 2.24) is 19.8 Å². The summed E-state index contributed by atoms with van der Waals surface area (Å²) in [6.45, 7) is 0. The van der Waals surface area contributed by atoms with E-state index < -0.39 is 11.8 Å². The van der Waals surface area contributed by atoms with Crippen LogP contribution in [0.1, 0.15) is 10.5 Å². The van der Waals surface area contributed by atoms with Crippen LogP contribution >= 0.6 is 0 Å². The Morgan fingerprint density at radius 1 is 1.16 bits per heavy atom. The summed E-state index contributed by atoms with van der Waals surface area (Å²) in [5, 5.41) is 20.5. The SMILES string of the molecule is O=C(O)c1ccc2nnc(-c3ccccc3F)n2n1. The van der Waals surface area contributed by atoms with Gasteiger partial charge >= 0.3 is 5.97 Å². The molecule has 0 atom stereocenters. The van der Waals surface area contributed by atoms with Crippen molar-refractivity contribution in [1.29, 1.82) is 0 Å². The number of hydrogen-bond donors (Lipinski definition) is 1. The van der Waals surface area contributed by atoms with E-state index in [1.807, 2.05) is 0 Å². The second-order valence-electron chi connectivity index (χ2n) is 3.80. The highest BCUT2D eigenvalue weighted by molar-refractivity contribution is 5.85. The maximum atomic E-state index is 13.7. The van der Waals surface area contributed by atoms with E-state index in [4.69, 9.17) is 5.11 Å². The lowest BCUT2D eigenvalue weighted by molar-refractivity contribution is 0.0689. The van der Waals surface area contributed by atoms with Gasteiger partial charge in [-0.1, -0.05) is 12.1 Å². The lowest BCUT2D eigenvalue weighted by Crippen LogP contribution is -2.05. The molecular weight excluding hydrogens is 251 g/mol. The molecule has 19 heavy (non-hydrogen) atoms. The zero-order valence-corrected chi connectivity index (χ0v) is 9.49. The third kappa shape index (κ3) is 1.81. The molecule has 3 rings (SSSR count). The Morgan fingerprint density at radius 3 is 2.68 bits per heavy atom. The summed E-state index contributed by atoms with van der Waals surface area (Å²) in [7, 11) is 0. The summed E-state index contributed by atoms with van der Waals surface area (Å²) in [6, 6.07) is 8.81. The molecule has 0 radical (unpaired) electrons. The van der Waals surface area contributed by atoms with Crippen molar-refractivity contribution in [3.8, 4) is 11.4 Å². The topological polar surface area (TPSA) is 80.4 Å². The Kier molecular flexibility index (Phi) is 2.45. The van der Waals surface area contributed by atoms with Crippen molar-refractivity contribution in [3.63, 3.8) is 0 Å². The van der Waals surface area contributed by atoms with Gasteiger partial charge in [0.2, 0.25) is 0 Å². The van der Waals surface area contributed by atoms with Gasteiger partial charge in [-0.2, -0.15) is 9.61 Å². The largest absolute Gasteiger partial charge is 0.476 e. The van der Waals surface area contributed by atoms with Gasteiger partial charge in [0.1, 0.15) is 5.82 Å². The molecule has 1 aromatic carbocycles. The van der Waals surface area contributed by atoms with Crippen molar-refractivity contribution >= 4 is 11.6 Å². The molecular formula is C12H7FN4O2. The van der Waals surface area contributed by atoms with E-state index in [1.165, 1.54) is 28.8 Å². The van der Waals surface area contributed by atoms with E-state index in [-0.39, 0.29) is 17.1 Å². The molecule has 0 saturated carbocycles. The van der Waals surface area contributed by atoms with Crippen LogP contribution in [0.15, 0.2) is 36.4 Å². The molecule has 0 aliphatic heterocycles. The van der Waals surface area contributed by atoms with E-state index in [9.17, 15) is 9.18 Å². The lowest BCUT2D eigenvalue weighted by Gasteiger charge is -2.01. The van der Waals surface area contributed by atoms with Crippen molar-refractivity contribution in [2.24, 2.45) is 0 Å². The lowest BCUT2D eigenvalue weighted by atomic mass is 10.2. The second-order valence-corrected chi connectivity index (χ2v) is 3.80. The summed E-state index contributed by atoms with van der Waals surface area (Å²) in [4.78, 5) is 10.9. The quantitative estimate of drug-likeness (QED) is 0.755. The molecule has 6 nitrogen and oxygen atoms in total. The molecule has 7 heteroatoms. The number of rotatable bonds is 2. The van der Waals surface area contributed by atoms with Crippen LogP contribution in [0.2, 0.25) is 0 Å². The number of carboxylic acid groups (broad SMARTS) is 1. The van der Waals surface area contributed by atoms with Gasteiger partial charge in [0.15, 0.2) is 17.2 Å². The number of aromatic carboxylic acids is 1. The van der Waals surface area contributed by atoms with Crippen molar-refractivity contribution in [2.45, 2.75) is 0 Å². The summed E-state index contributed by atoms with van der Waals surface area (Å²) >= 11 is 0. The first kappa shape index (κ1) is 11.3. The van der Waals surface area contributed by atoms with E-state index in [0.29, 0.717) is 5.65 Å². The molecule has 1 N–H and O–H groups in total. The average Bonchev–Trinajstić information content (AvgIpc) is 2.82. The summed E-state index contributed by atoms with van der Waals surface area (Å²) in [5.74, 6) is -1.48. The average molecular weight is 258 g/mol. The first-order valence-electron chi connectivity index (χ1n) is 5.37. The Morgan fingerprint density at radius 2 is 1.95 bits per heavy atom. The summed E-state index contributed by atoms with van der Waals surface area (Å²) in [6.07, 6.45) is 0. The molecule has 2 heterocycles. The molecule has 0 bridgehead atoms. The normalized spacial score (nSPS) is 10.8. The van der Waals surface area contributed by atoms with Crippen LogP contribution in [0.3, 0.4) is 0 Å². The van der Waals surface area contributed by atoms with E-state index in [2.05, 4.69) is 15.3 Å². The highest BCUT2D eigenvalue weighted by Crippen LogP contribution is 2.20. The van der Waals surface area contributed by atoms with Gasteiger partial charge in [-0.25, -0.2) is 9.18 Å². The van der Waals surface area contributed by atoms with Gasteiger partial charge in [0.05, 0.1) is 5.56 Å². The van der Waals surface area contributed by atoms with Crippen molar-refractivity contribution in [3.05, 3.63) is 47.9 Å². The van der Waals surface area contributed by atoms with E-state index in [1.54, 1.807) is 12.1 Å². The van der Waals surface area contributed by atoms with Gasteiger partial charge < -0.3 is 5.11 Å². The van der Waals surface area contributed by atoms with Crippen LogP contribution in [0.25, 0.3) is 17.0 Å². The van der Waals surface area contributed by atoms with Crippen LogP contribution < -0.4 is 0 Å². The maximum absolute atomic E-state index is 13.7. The van der Waals surface area contributed by atoms with Crippen LogP contribution in [0.4, 0.5) is 4.39 Å². The highest BCUT2D eigenvalue weighted by atomic mass is 19.1. The molecule has 0 aliphatic rings. The molecule has 94 valence electrons. The fourth-order valence-corrected chi connectivity index (χ4v) is 1.71. The minimum atomic E-state index is -1.17. The third-order valence-corrected chi connectivity index (χ3v) is 2.60. The van der Waals surface area contributed by atoms with Gasteiger partial charge in [-0.05, 0) is 24.3 Å². The molecule has 0 aliphatic carbocycles. The maximum Gasteiger partial charge on any atom is 0.356 e. The fourth-order valence-electron chi connectivity index (χ4n) is 1.71. The number of hydrogen-bond acceptors (Lipinski definition) is 4. The molecule has 0 saturated heterocycles. The van der Waals surface area contributed by atoms with E-state index in [0.717, 1.165) is 0 Å². The van der Waals surface area contributed by atoms with Gasteiger partial charge in [-0.3, -0.25) is 0 Å². The van der Waals surface area contributed by atoms with Crippen LogP contribution in [0.5, 0.6) is 0 Å². The predicted octanol–water partition coefficient (Wildman–Crippen LogP) is 1.63. The standard InChI is InChI=1S/C12H7FN4O2/c13-8-4-2-1-3-7(8)11-15-14-10-6-5-9(12(18)19)16-17(10)11/h1-6H,(H,18,19). The number of nitrogens with zero attached hydrogens (tertiary/aromatic N) is 4. The highest BCUT2D eigenvalue weighted by Gasteiger charge is 2.14. The number of carboxylic acids is 1. The van der Waals surface area contributed by atoms with Crippen LogP contribution in [-0.2, 0) is 0 Å². The molecule has 0 unspecified atom stereocenters. The summed E-state index contributed by atoms with van der Waals surface area (Å²) in [5.41, 5.74) is 0.401. The van der Waals surface area contributed by atoms with Crippen LogP contribution in [-0.4, -0.2) is 30.9 Å². The van der Waals surface area contributed by atoms with Crippen LogP contribution in [0, 0.1) is 5.82 Å². The number of benzene rings is 1. The first-order valence-corrected chi connectivity index (χ1v) is 5.37. The summed E-state index contributed by atoms with van der Waals surface area (Å²) < 4.78 is 14.9. The Hall–Kier alpha value is -2.83. The number of aromatic nitrogens is 4. The minimum Gasteiger partial charge on any atom is -0.476 e. The second kappa shape index (κ2) is 4.13. The Labute approximate surface area is 106 Å². The number of carbonyl (C=O) groups is 1. The fraction of sp³-hybridized carbons (Fsp3) is 0. The zero-order valence-electron chi connectivity index (χ0n) is 9.49. The predicted molar refractivity (Wildman–Crippen MR) is 63.1 cm³/mol. The Balaban J connectivity index is 2.27. The smallest absolute Gasteiger partial charge is 0.356 e. The zero-order chi connectivity index (χ0) is 13.4. The van der Waals surface area contributed by atoms with Gasteiger partial charge in [0, 0.05) is 0 Å². The number of fused-ring (bicyclic) bond motifs is 1. The van der Waals surface area contributed by atoms with Gasteiger partial charge in [0.25, 0.3) is 0 Å².